The van der Waals surface area contributed by atoms with E-state index in [0.717, 1.165) is 28.6 Å². The second-order valence-electron chi connectivity index (χ2n) is 3.46. The van der Waals surface area contributed by atoms with E-state index in [9.17, 15) is 0 Å². The Morgan fingerprint density at radius 2 is 2.12 bits per heavy atom. The molecule has 0 bridgehead atoms. The lowest BCUT2D eigenvalue weighted by atomic mass is 10.1. The topological polar surface area (TPSA) is 24.9 Å². The molecule has 0 aliphatic carbocycles. The molecule has 0 unspecified atom stereocenters. The lowest BCUT2D eigenvalue weighted by Gasteiger charge is -2.08. The van der Waals surface area contributed by atoms with Gasteiger partial charge >= 0.3 is 0 Å². The number of hydrogen-bond acceptors (Lipinski definition) is 2. The summed E-state index contributed by atoms with van der Waals surface area (Å²) >= 11 is 9.18. The Morgan fingerprint density at radius 1 is 1.25 bits per heavy atom. The van der Waals surface area contributed by atoms with Crippen molar-refractivity contribution >= 4 is 44.1 Å². The van der Waals surface area contributed by atoms with Crippen molar-refractivity contribution in [3.63, 3.8) is 0 Å². The first-order valence-electron chi connectivity index (χ1n) is 5.16. The summed E-state index contributed by atoms with van der Waals surface area (Å²) in [6.07, 6.45) is 2.75. The minimum absolute atomic E-state index is 0.668. The largest absolute Gasteiger partial charge is 0.370 e. The van der Waals surface area contributed by atoms with Gasteiger partial charge in [0.2, 0.25) is 0 Å². The van der Waals surface area contributed by atoms with Gasteiger partial charge < -0.3 is 5.32 Å². The average Bonchev–Trinajstić information content (AvgIpc) is 2.31. The van der Waals surface area contributed by atoms with Crippen LogP contribution in [-0.2, 0) is 0 Å². The highest BCUT2D eigenvalue weighted by Gasteiger charge is 2.03. The minimum Gasteiger partial charge on any atom is -0.370 e. The molecule has 0 fully saturated rings. The van der Waals surface area contributed by atoms with E-state index in [0.29, 0.717) is 5.88 Å². The zero-order chi connectivity index (χ0) is 11.4. The van der Waals surface area contributed by atoms with Crippen LogP contribution < -0.4 is 5.32 Å². The van der Waals surface area contributed by atoms with Crippen LogP contribution in [-0.4, -0.2) is 17.4 Å². The van der Waals surface area contributed by atoms with E-state index in [2.05, 4.69) is 32.3 Å². The highest BCUT2D eigenvalue weighted by Crippen LogP contribution is 2.27. The predicted octanol–water partition coefficient (Wildman–Crippen LogP) is 4.04. The number of nitrogens with one attached hydrogen (secondary N) is 1. The molecule has 0 atom stereocenters. The van der Waals surface area contributed by atoms with Crippen molar-refractivity contribution in [2.45, 2.75) is 6.42 Å². The van der Waals surface area contributed by atoms with Crippen LogP contribution in [0.25, 0.3) is 10.8 Å². The first kappa shape index (κ1) is 11.7. The number of anilines is 1. The van der Waals surface area contributed by atoms with E-state index in [1.54, 1.807) is 0 Å². The molecular weight excluding hydrogens is 288 g/mol. The molecule has 0 aliphatic rings. The number of alkyl halides is 1. The van der Waals surface area contributed by atoms with E-state index < -0.39 is 0 Å². The molecule has 16 heavy (non-hydrogen) atoms. The zero-order valence-corrected chi connectivity index (χ0v) is 11.1. The molecule has 1 aromatic carbocycles. The average molecular weight is 300 g/mol. The highest BCUT2D eigenvalue weighted by atomic mass is 79.9. The van der Waals surface area contributed by atoms with E-state index in [-0.39, 0.29) is 0 Å². The van der Waals surface area contributed by atoms with Crippen molar-refractivity contribution in [1.29, 1.82) is 0 Å². The molecule has 0 radical (unpaired) electrons. The number of halogens is 2. The Kier molecular flexibility index (Phi) is 4.02. The van der Waals surface area contributed by atoms with Crippen LogP contribution in [0.2, 0.25) is 0 Å². The predicted molar refractivity (Wildman–Crippen MR) is 73.3 cm³/mol. The van der Waals surface area contributed by atoms with Gasteiger partial charge in [0.25, 0.3) is 0 Å². The Labute approximate surface area is 108 Å². The molecule has 0 spiro atoms. The Balaban J connectivity index is 2.34. The summed E-state index contributed by atoms with van der Waals surface area (Å²) in [5.74, 6) is 1.59. The summed E-state index contributed by atoms with van der Waals surface area (Å²) in [6.45, 7) is 0.849. The SMILES string of the molecule is ClCCCNc1nccc2c(Br)cccc12. The molecule has 1 aromatic heterocycles. The van der Waals surface area contributed by atoms with Gasteiger partial charge in [-0.2, -0.15) is 0 Å². The van der Waals surface area contributed by atoms with Gasteiger partial charge in [0.1, 0.15) is 5.82 Å². The maximum absolute atomic E-state index is 5.64. The summed E-state index contributed by atoms with van der Waals surface area (Å²) in [4.78, 5) is 4.34. The van der Waals surface area contributed by atoms with Crippen LogP contribution in [0, 0.1) is 0 Å². The number of fused-ring (bicyclic) bond motifs is 1. The molecule has 1 heterocycles. The highest BCUT2D eigenvalue weighted by molar-refractivity contribution is 9.10. The molecule has 0 amide bonds. The molecular formula is C12H12BrClN2. The summed E-state index contributed by atoms with van der Waals surface area (Å²) < 4.78 is 1.09. The Bertz CT molecular complexity index is 487. The molecule has 0 saturated carbocycles. The van der Waals surface area contributed by atoms with Crippen LogP contribution in [0.1, 0.15) is 6.42 Å². The van der Waals surface area contributed by atoms with Gasteiger partial charge in [-0.1, -0.05) is 28.1 Å². The molecule has 4 heteroatoms. The maximum Gasteiger partial charge on any atom is 0.133 e. The van der Waals surface area contributed by atoms with E-state index in [4.69, 9.17) is 11.6 Å². The Hall–Kier alpha value is -0.800. The molecule has 0 saturated heterocycles. The summed E-state index contributed by atoms with van der Waals surface area (Å²) in [5.41, 5.74) is 0. The lowest BCUT2D eigenvalue weighted by Crippen LogP contribution is -2.04. The third kappa shape index (κ3) is 2.47. The second kappa shape index (κ2) is 5.51. The third-order valence-electron chi connectivity index (χ3n) is 2.36. The van der Waals surface area contributed by atoms with E-state index in [1.807, 2.05) is 24.4 Å². The van der Waals surface area contributed by atoms with Crippen molar-refractivity contribution in [1.82, 2.24) is 4.98 Å². The number of pyridine rings is 1. The van der Waals surface area contributed by atoms with Gasteiger partial charge in [-0.25, -0.2) is 4.98 Å². The standard InChI is InChI=1S/C12H12BrClN2/c13-11-4-1-3-10-9(11)5-8-16-12(10)15-7-2-6-14/h1,3-5,8H,2,6-7H2,(H,15,16). The molecule has 1 N–H and O–H groups in total. The van der Waals surface area contributed by atoms with Gasteiger partial charge in [0.15, 0.2) is 0 Å². The third-order valence-corrected chi connectivity index (χ3v) is 3.31. The fraction of sp³-hybridized carbons (Fsp3) is 0.250. The normalized spacial score (nSPS) is 10.6. The van der Waals surface area contributed by atoms with Crippen LogP contribution in [0.15, 0.2) is 34.9 Å². The minimum atomic E-state index is 0.668. The molecule has 84 valence electrons. The fourth-order valence-electron chi connectivity index (χ4n) is 1.58. The maximum atomic E-state index is 5.64. The van der Waals surface area contributed by atoms with Crippen LogP contribution >= 0.6 is 27.5 Å². The van der Waals surface area contributed by atoms with Gasteiger partial charge in [-0.15, -0.1) is 11.6 Å². The quantitative estimate of drug-likeness (QED) is 0.681. The summed E-state index contributed by atoms with van der Waals surface area (Å²) in [6, 6.07) is 8.12. The number of aromatic nitrogens is 1. The lowest BCUT2D eigenvalue weighted by molar-refractivity contribution is 0.979. The van der Waals surface area contributed by atoms with Crippen LogP contribution in [0.3, 0.4) is 0 Å². The second-order valence-corrected chi connectivity index (χ2v) is 4.70. The molecule has 2 aromatic rings. The first-order chi connectivity index (χ1) is 7.83. The Morgan fingerprint density at radius 3 is 2.94 bits per heavy atom. The van der Waals surface area contributed by atoms with Crippen molar-refractivity contribution in [3.05, 3.63) is 34.9 Å². The number of hydrogen-bond donors (Lipinski definition) is 1. The van der Waals surface area contributed by atoms with E-state index in [1.165, 1.54) is 5.39 Å². The number of rotatable bonds is 4. The van der Waals surface area contributed by atoms with Gasteiger partial charge in [0, 0.05) is 33.9 Å². The van der Waals surface area contributed by atoms with Crippen molar-refractivity contribution in [2.24, 2.45) is 0 Å². The van der Waals surface area contributed by atoms with Crippen LogP contribution in [0.5, 0.6) is 0 Å². The fourth-order valence-corrected chi connectivity index (χ4v) is 2.22. The molecule has 2 rings (SSSR count). The molecule has 0 aliphatic heterocycles. The van der Waals surface area contributed by atoms with Crippen molar-refractivity contribution in [2.75, 3.05) is 17.7 Å². The van der Waals surface area contributed by atoms with Crippen molar-refractivity contribution < 1.29 is 0 Å². The van der Waals surface area contributed by atoms with Crippen molar-refractivity contribution in [3.8, 4) is 0 Å². The number of nitrogens with zero attached hydrogens (tertiary/aromatic N) is 1. The summed E-state index contributed by atoms with van der Waals surface area (Å²) in [5, 5.41) is 5.60. The van der Waals surface area contributed by atoms with Gasteiger partial charge in [-0.3, -0.25) is 0 Å². The summed E-state index contributed by atoms with van der Waals surface area (Å²) in [7, 11) is 0. The smallest absolute Gasteiger partial charge is 0.133 e. The first-order valence-corrected chi connectivity index (χ1v) is 6.49. The number of benzene rings is 1. The van der Waals surface area contributed by atoms with E-state index >= 15 is 0 Å². The zero-order valence-electron chi connectivity index (χ0n) is 8.71. The molecule has 2 nitrogen and oxygen atoms in total. The monoisotopic (exact) mass is 298 g/mol. The van der Waals surface area contributed by atoms with Gasteiger partial charge in [-0.05, 0) is 18.6 Å². The van der Waals surface area contributed by atoms with Crippen LogP contribution in [0.4, 0.5) is 5.82 Å². The van der Waals surface area contributed by atoms with Gasteiger partial charge in [0.05, 0.1) is 0 Å².